The summed E-state index contributed by atoms with van der Waals surface area (Å²) < 4.78 is 0. The minimum atomic E-state index is -1.17. The van der Waals surface area contributed by atoms with Gasteiger partial charge < -0.3 is 4.89 Å². The van der Waals surface area contributed by atoms with E-state index in [0.717, 1.165) is 10.6 Å². The van der Waals surface area contributed by atoms with Gasteiger partial charge in [0.05, 0.1) is 8.15 Å². The smallest absolute Gasteiger partial charge is 0.172 e. The van der Waals surface area contributed by atoms with Crippen molar-refractivity contribution < 1.29 is 20.6 Å². The summed E-state index contributed by atoms with van der Waals surface area (Å²) in [7, 11) is 8.61. The van der Waals surface area contributed by atoms with Gasteiger partial charge in [-0.25, -0.2) is 12.1 Å². The second kappa shape index (κ2) is 12.9. The number of hydrogen-bond acceptors (Lipinski definition) is 1. The molecule has 0 aliphatic carbocycles. The molecule has 0 unspecified atom stereocenters. The summed E-state index contributed by atoms with van der Waals surface area (Å²) in [4.78, 5) is 10.1. The Morgan fingerprint density at radius 2 is 1.09 bits per heavy atom. The van der Waals surface area contributed by atoms with Crippen molar-refractivity contribution in [3.63, 3.8) is 0 Å². The zero-order chi connectivity index (χ0) is 16.0. The van der Waals surface area contributed by atoms with Crippen LogP contribution in [0.15, 0.2) is 91.0 Å². The molecule has 1 nitrogen and oxygen atoms in total. The van der Waals surface area contributed by atoms with Crippen molar-refractivity contribution in [2.75, 3.05) is 0 Å². The molecule has 0 aliphatic heterocycles. The van der Waals surface area contributed by atoms with Gasteiger partial charge in [-0.05, 0) is 0 Å². The van der Waals surface area contributed by atoms with Crippen molar-refractivity contribution in [2.45, 2.75) is 0 Å². The normalized spacial score (nSPS) is 9.45. The summed E-state index contributed by atoms with van der Waals surface area (Å²) in [6.07, 6.45) is 0. The van der Waals surface area contributed by atoms with Gasteiger partial charge in [0, 0.05) is 10.6 Å². The Labute approximate surface area is 149 Å². The molecule has 3 aromatic rings. The van der Waals surface area contributed by atoms with E-state index in [-0.39, 0.29) is 0 Å². The Hall–Kier alpha value is -0.591. The van der Waals surface area contributed by atoms with Crippen molar-refractivity contribution in [3.8, 4) is 0 Å². The Morgan fingerprint density at radius 3 is 1.36 bits per heavy atom. The quantitative estimate of drug-likeness (QED) is 0.373. The molecule has 0 bridgehead atoms. The molecule has 3 aromatic carbocycles. The Balaban J connectivity index is 0.000000250. The summed E-state index contributed by atoms with van der Waals surface area (Å²) in [5.41, 5.74) is 0. The van der Waals surface area contributed by atoms with Crippen molar-refractivity contribution >= 4 is 37.9 Å². The predicted molar refractivity (Wildman–Crippen MR) is 95.0 cm³/mol. The van der Waals surface area contributed by atoms with Crippen LogP contribution in [-0.2, 0) is 15.7 Å². The van der Waals surface area contributed by atoms with Gasteiger partial charge in [-0.3, -0.25) is 0 Å². The molecule has 0 aliphatic rings. The van der Waals surface area contributed by atoms with Crippen LogP contribution >= 0.6 is 27.3 Å². The molecule has 3 rings (SSSR count). The fourth-order valence-electron chi connectivity index (χ4n) is 1.61. The van der Waals surface area contributed by atoms with Crippen LogP contribution in [0.1, 0.15) is 0 Å². The molecule has 0 radical (unpaired) electrons. The first-order chi connectivity index (χ1) is 10.8. The molecule has 5 heteroatoms. The fraction of sp³-hybridized carbons (Fsp3) is 0. The van der Waals surface area contributed by atoms with Crippen molar-refractivity contribution in [2.24, 2.45) is 0 Å². The second-order valence-corrected chi connectivity index (χ2v) is 9.11. The predicted octanol–water partition coefficient (Wildman–Crippen LogP) is 4.81. The molecule has 0 heterocycles. The van der Waals surface area contributed by atoms with Crippen LogP contribution in [0.4, 0.5) is 0 Å². The maximum absolute atomic E-state index is 10.1. The van der Waals surface area contributed by atoms with Gasteiger partial charge in [0.2, 0.25) is 0 Å². The van der Waals surface area contributed by atoms with E-state index in [4.69, 9.17) is 19.2 Å². The minimum Gasteiger partial charge on any atom is -0.214 e. The van der Waals surface area contributed by atoms with Gasteiger partial charge in [-0.1, -0.05) is 60.7 Å². The van der Waals surface area contributed by atoms with Crippen LogP contribution in [0, 0.1) is 0 Å². The van der Waals surface area contributed by atoms with Gasteiger partial charge in [-0.2, -0.15) is 18.2 Å². The first-order valence-electron chi connectivity index (χ1n) is 6.39. The first-order valence-corrected chi connectivity index (χ1v) is 13.6. The Bertz CT molecular complexity index is 519. The number of halogens is 2. The molecule has 22 heavy (non-hydrogen) atoms. The van der Waals surface area contributed by atoms with E-state index >= 15 is 0 Å². The molecule has 0 saturated carbocycles. The van der Waals surface area contributed by atoms with Crippen LogP contribution in [0.3, 0.4) is 0 Å². The van der Waals surface area contributed by atoms with E-state index in [1.54, 1.807) is 0 Å². The second-order valence-electron chi connectivity index (χ2n) is 3.99. The summed E-state index contributed by atoms with van der Waals surface area (Å²) in [5, 5.41) is 1.99. The van der Waals surface area contributed by atoms with Gasteiger partial charge in [0.25, 0.3) is 0 Å². The number of hydrogen-bond donors (Lipinski definition) is 1. The van der Waals surface area contributed by atoms with E-state index in [1.165, 1.54) is 0 Å². The molecule has 0 atom stereocenters. The zero-order valence-electron chi connectivity index (χ0n) is 11.6. The van der Waals surface area contributed by atoms with Gasteiger partial charge in [0.15, 0.2) is 0 Å². The number of benzene rings is 2. The van der Waals surface area contributed by atoms with Crippen molar-refractivity contribution in [1.82, 2.24) is 0 Å². The van der Waals surface area contributed by atoms with Crippen LogP contribution < -0.4 is 10.6 Å². The molecule has 0 saturated heterocycles. The number of rotatable bonds is 2. The van der Waals surface area contributed by atoms with Crippen LogP contribution in [0.2, 0.25) is 0 Å². The summed E-state index contributed by atoms with van der Waals surface area (Å²) in [5.74, 6) is 0. The minimum absolute atomic E-state index is 0.556. The average Bonchev–Trinajstić information content (AvgIpc) is 3.16. The van der Waals surface area contributed by atoms with Gasteiger partial charge in [-0.15, -0.1) is 0 Å². The first kappa shape index (κ1) is 19.5. The van der Waals surface area contributed by atoms with Crippen molar-refractivity contribution in [3.05, 3.63) is 91.0 Å². The van der Waals surface area contributed by atoms with E-state index < -0.39 is 23.8 Å². The molecule has 0 aromatic heterocycles. The maximum atomic E-state index is 10.1. The summed E-state index contributed by atoms with van der Waals surface area (Å²) in [6, 6.07) is 29.5. The molecule has 0 fully saturated rings. The van der Waals surface area contributed by atoms with E-state index in [0.29, 0.717) is 0 Å². The summed E-state index contributed by atoms with van der Waals surface area (Å²) in [6.45, 7) is 0. The topological polar surface area (TPSA) is 20.2 Å². The third-order valence-corrected chi connectivity index (χ3v) is 4.13. The monoisotopic (exact) mass is 530 g/mol. The van der Waals surface area contributed by atoms with Crippen molar-refractivity contribution in [1.29, 1.82) is 0 Å². The van der Waals surface area contributed by atoms with E-state index in [2.05, 4.69) is 0 Å². The van der Waals surface area contributed by atoms with Crippen LogP contribution in [0.25, 0.3) is 0 Å². The Morgan fingerprint density at radius 1 is 0.727 bits per heavy atom. The van der Waals surface area contributed by atoms with Crippen LogP contribution in [0.5, 0.6) is 0 Å². The third kappa shape index (κ3) is 8.15. The maximum Gasteiger partial charge on any atom is -0.172 e. The third-order valence-electron chi connectivity index (χ3n) is 2.56. The zero-order valence-corrected chi connectivity index (χ0v) is 16.4. The molecule has 0 spiro atoms. The van der Waals surface area contributed by atoms with Crippen LogP contribution in [-0.4, -0.2) is 4.89 Å². The molecule has 118 valence electrons. The molecular weight excluding hydrogens is 514 g/mol. The Kier molecular flexibility index (Phi) is 11.4. The summed E-state index contributed by atoms with van der Waals surface area (Å²) >= 11 is -0.556. The van der Waals surface area contributed by atoms with Gasteiger partial charge in [0.1, 0.15) is 0 Å². The SMILES string of the molecule is OP(c1ccccc1)c1ccccc1.[Cl][Ir+][Cl].c1cc[cH-]c1. The average molecular weight is 530 g/mol. The fourth-order valence-corrected chi connectivity index (χ4v) is 2.82. The van der Waals surface area contributed by atoms with E-state index in [1.807, 2.05) is 91.0 Å². The molecule has 1 N–H and O–H groups in total. The van der Waals surface area contributed by atoms with Gasteiger partial charge >= 0.3 is 34.8 Å². The largest absolute Gasteiger partial charge is 0.214 e. The standard InChI is InChI=1S/C12H11OP.C5H5.2ClH.Ir/c13-14(11-7-3-1-4-8-11)12-9-5-2-6-10-12;1-2-4-5-3-1;;;/h1-10,13H;1-5H;2*1H;/q;-1;;;+3/p-2. The van der Waals surface area contributed by atoms with E-state index in [9.17, 15) is 4.89 Å². The molecular formula is C17H16Cl2IrOP. The molecule has 0 amide bonds.